The fourth-order valence-electron chi connectivity index (χ4n) is 0.761. The van der Waals surface area contributed by atoms with E-state index in [0.29, 0.717) is 0 Å². The van der Waals surface area contributed by atoms with Crippen molar-refractivity contribution in [2.45, 2.75) is 34.6 Å². The molecule has 0 saturated heterocycles. The normalized spacial score (nSPS) is 16.5. The van der Waals surface area contributed by atoms with Crippen LogP contribution in [0.2, 0.25) is 0 Å². The zero-order valence-corrected chi connectivity index (χ0v) is 10.2. The van der Waals surface area contributed by atoms with Gasteiger partial charge in [-0.05, 0) is 0 Å². The van der Waals surface area contributed by atoms with Gasteiger partial charge in [-0.25, -0.2) is 0 Å². The first-order valence-electron chi connectivity index (χ1n) is 3.93. The summed E-state index contributed by atoms with van der Waals surface area (Å²) in [4.78, 5) is 0. The van der Waals surface area contributed by atoms with Gasteiger partial charge in [-0.15, -0.1) is 0 Å². The molecule has 0 spiro atoms. The summed E-state index contributed by atoms with van der Waals surface area (Å²) in [6.07, 6.45) is -7.37. The van der Waals surface area contributed by atoms with E-state index < -0.39 is 51.4 Å². The molecule has 0 aliphatic carbocycles. The molecular formula is C6AsF13. The van der Waals surface area contributed by atoms with Crippen molar-refractivity contribution in [1.82, 2.24) is 0 Å². The van der Waals surface area contributed by atoms with Crippen LogP contribution < -0.4 is 0 Å². The second kappa shape index (κ2) is 4.57. The van der Waals surface area contributed by atoms with E-state index in [4.69, 9.17) is 0 Å². The second-order valence-electron chi connectivity index (χ2n) is 3.34. The minimum absolute atomic E-state index is 0.518. The third kappa shape index (κ3) is 2.45. The molecule has 0 heterocycles. The summed E-state index contributed by atoms with van der Waals surface area (Å²) in [7, 11) is 0. The van der Waals surface area contributed by atoms with Gasteiger partial charge in [-0.1, -0.05) is 0 Å². The zero-order valence-electron chi connectivity index (χ0n) is 8.36. The molecule has 0 atom stereocenters. The molecule has 0 fully saturated rings. The molecule has 0 aliphatic rings. The van der Waals surface area contributed by atoms with Crippen molar-refractivity contribution in [3.05, 3.63) is 0 Å². The van der Waals surface area contributed by atoms with E-state index in [1.54, 1.807) is 0 Å². The molecule has 0 saturated carbocycles. The van der Waals surface area contributed by atoms with Gasteiger partial charge in [0.15, 0.2) is 0 Å². The predicted octanol–water partition coefficient (Wildman–Crippen LogP) is 3.85. The van der Waals surface area contributed by atoms with Crippen molar-refractivity contribution in [1.29, 1.82) is 0 Å². The Hall–Kier alpha value is -0.352. The van der Waals surface area contributed by atoms with E-state index in [0.717, 1.165) is 0 Å². The quantitative estimate of drug-likeness (QED) is 0.502. The fourth-order valence-corrected chi connectivity index (χ4v) is 1.06. The number of hydrogen-bond acceptors (Lipinski definition) is 0. The molecule has 0 rings (SSSR count). The van der Waals surface area contributed by atoms with Crippen LogP contribution in [0, 0.1) is 0 Å². The summed E-state index contributed by atoms with van der Waals surface area (Å²) < 4.78 is 152. The Balaban J connectivity index is 6.08. The first kappa shape index (κ1) is 19.6. The maximum absolute atomic E-state index is 12.5. The van der Waals surface area contributed by atoms with Gasteiger partial charge in [-0.3, -0.25) is 0 Å². The Labute approximate surface area is 109 Å². The van der Waals surface area contributed by atoms with Crippen molar-refractivity contribution in [2.75, 3.05) is 0 Å². The summed E-state index contributed by atoms with van der Waals surface area (Å²) >= 11 is -0.518. The van der Waals surface area contributed by atoms with Gasteiger partial charge in [-0.2, -0.15) is 0 Å². The Bertz CT molecular complexity index is 324. The molecule has 0 N–H and O–H groups in total. The Morgan fingerprint density at radius 2 is 0.650 bits per heavy atom. The van der Waals surface area contributed by atoms with Gasteiger partial charge in [0.1, 0.15) is 0 Å². The summed E-state index contributed by atoms with van der Waals surface area (Å²) in [5.41, 5.74) is 0. The number of halogens is 13. The predicted molar refractivity (Wildman–Crippen MR) is 36.5 cm³/mol. The zero-order chi connectivity index (χ0) is 17.0. The molecule has 20 heavy (non-hydrogen) atoms. The van der Waals surface area contributed by atoms with Gasteiger partial charge >= 0.3 is 109 Å². The molecule has 0 aromatic heterocycles. The van der Waals surface area contributed by atoms with Gasteiger partial charge in [0.05, 0.1) is 0 Å². The Kier molecular flexibility index (Phi) is 4.49. The molecule has 0 aromatic rings. The molecule has 2 radical (unpaired) electrons. The second-order valence-corrected chi connectivity index (χ2v) is 4.51. The first-order chi connectivity index (χ1) is 8.25. The van der Waals surface area contributed by atoms with Gasteiger partial charge in [0.2, 0.25) is 0 Å². The molecule has 0 nitrogen and oxygen atoms in total. The number of hydrogen-bond donors (Lipinski definition) is 0. The van der Waals surface area contributed by atoms with E-state index in [1.807, 2.05) is 0 Å². The summed E-state index contributed by atoms with van der Waals surface area (Å²) in [5, 5.41) is 0. The molecule has 0 aromatic carbocycles. The molecule has 120 valence electrons. The van der Waals surface area contributed by atoms with Crippen LogP contribution in [-0.2, 0) is 0 Å². The van der Waals surface area contributed by atoms with E-state index in [2.05, 4.69) is 0 Å². The van der Waals surface area contributed by atoms with Gasteiger partial charge < -0.3 is 0 Å². The van der Waals surface area contributed by atoms with Crippen molar-refractivity contribution in [3.8, 4) is 0 Å². The van der Waals surface area contributed by atoms with E-state index >= 15 is 0 Å². The van der Waals surface area contributed by atoms with Crippen molar-refractivity contribution >= 4 is 16.9 Å². The first-order valence-corrected chi connectivity index (χ1v) is 4.87. The Morgan fingerprint density at radius 3 is 0.850 bits per heavy atom. The topological polar surface area (TPSA) is 0 Å². The molecule has 14 heteroatoms. The van der Waals surface area contributed by atoms with Crippen LogP contribution in [0.1, 0.15) is 0 Å². The number of alkyl halides is 13. The summed E-state index contributed by atoms with van der Waals surface area (Å²) in [6, 6.07) is 0. The van der Waals surface area contributed by atoms with E-state index in [-0.39, 0.29) is 0 Å². The fraction of sp³-hybridized carbons (Fsp3) is 1.00. The minimum atomic E-state index is -7.81. The Morgan fingerprint density at radius 1 is 0.400 bits per heavy atom. The monoisotopic (exact) mass is 394 g/mol. The molecular weight excluding hydrogens is 394 g/mol. The third-order valence-electron chi connectivity index (χ3n) is 1.92. The molecule has 0 bridgehead atoms. The molecule has 0 amide bonds. The molecule has 0 aliphatic heterocycles. The maximum atomic E-state index is 12.5. The average Bonchev–Trinajstić information content (AvgIpc) is 2.12. The summed E-state index contributed by atoms with van der Waals surface area (Å²) in [6.45, 7) is 0. The van der Waals surface area contributed by atoms with Crippen LogP contribution in [0.4, 0.5) is 57.1 Å². The van der Waals surface area contributed by atoms with Crippen LogP contribution in [0.3, 0.4) is 0 Å². The van der Waals surface area contributed by atoms with Crippen molar-refractivity contribution in [2.24, 2.45) is 0 Å². The van der Waals surface area contributed by atoms with Crippen molar-refractivity contribution < 1.29 is 57.1 Å². The van der Waals surface area contributed by atoms with Crippen LogP contribution in [0.5, 0.6) is 0 Å². The SMILES string of the molecule is FC(F)(F)C(F)(F)C(F)(F)C(F)(F)C(F)(F)C(F)(F)[As]. The number of rotatable bonds is 4. The van der Waals surface area contributed by atoms with Crippen LogP contribution in [-0.4, -0.2) is 51.4 Å². The third-order valence-corrected chi connectivity index (χ3v) is 2.51. The van der Waals surface area contributed by atoms with Gasteiger partial charge in [0.25, 0.3) is 0 Å². The standard InChI is InChI=1S/C6AsF13/c7-5(16,17)3(12,13)1(8,9)2(10,11)4(14,15)6(18,19)20. The van der Waals surface area contributed by atoms with Crippen molar-refractivity contribution in [3.63, 3.8) is 0 Å². The van der Waals surface area contributed by atoms with Crippen LogP contribution in [0.25, 0.3) is 0 Å². The van der Waals surface area contributed by atoms with Gasteiger partial charge in [0, 0.05) is 0 Å². The molecule has 0 unspecified atom stereocenters. The van der Waals surface area contributed by atoms with Crippen LogP contribution in [0.15, 0.2) is 0 Å². The van der Waals surface area contributed by atoms with Crippen LogP contribution >= 0.6 is 0 Å². The van der Waals surface area contributed by atoms with E-state index in [9.17, 15) is 57.1 Å². The average molecular weight is 394 g/mol. The van der Waals surface area contributed by atoms with E-state index in [1.165, 1.54) is 0 Å². The summed E-state index contributed by atoms with van der Waals surface area (Å²) in [5.74, 6) is -30.3.